The largest absolute Gasteiger partial charge is 0.370 e. The van der Waals surface area contributed by atoms with Crippen molar-refractivity contribution in [1.29, 1.82) is 0 Å². The summed E-state index contributed by atoms with van der Waals surface area (Å²) in [4.78, 5) is 42.4. The first-order valence-corrected chi connectivity index (χ1v) is 14.0. The van der Waals surface area contributed by atoms with Gasteiger partial charge in [0.05, 0.1) is 21.5 Å². The molecule has 1 aliphatic heterocycles. The lowest BCUT2D eigenvalue weighted by Crippen LogP contribution is -2.53. The van der Waals surface area contributed by atoms with Crippen molar-refractivity contribution in [1.82, 2.24) is 10.2 Å². The van der Waals surface area contributed by atoms with Gasteiger partial charge < -0.3 is 20.3 Å². The zero-order valence-electron chi connectivity index (χ0n) is 21.9. The van der Waals surface area contributed by atoms with Gasteiger partial charge in [0.2, 0.25) is 5.91 Å². The highest BCUT2D eigenvalue weighted by Gasteiger charge is 2.34. The molecular formula is C27H34ClFN4O4S. The number of anilines is 2. The van der Waals surface area contributed by atoms with Crippen LogP contribution in [0.2, 0.25) is 4.34 Å². The van der Waals surface area contributed by atoms with Gasteiger partial charge in [-0.15, -0.1) is 11.3 Å². The number of morpholine rings is 1. The Morgan fingerprint density at radius 1 is 1.26 bits per heavy atom. The zero-order chi connectivity index (χ0) is 27.4. The van der Waals surface area contributed by atoms with E-state index >= 15 is 4.39 Å². The second-order valence-electron chi connectivity index (χ2n) is 11.0. The lowest BCUT2D eigenvalue weighted by atomic mass is 9.94. The number of hydrogen-bond donors (Lipinski definition) is 2. The number of amides is 3. The normalized spacial score (nSPS) is 17.0. The maximum atomic E-state index is 15.0. The fourth-order valence-corrected chi connectivity index (χ4v) is 5.41. The Kier molecular flexibility index (Phi) is 9.07. The Hall–Kier alpha value is -2.53. The monoisotopic (exact) mass is 564 g/mol. The van der Waals surface area contributed by atoms with Crippen molar-refractivity contribution in [2.75, 3.05) is 49.6 Å². The molecular weight excluding hydrogens is 531 g/mol. The van der Waals surface area contributed by atoms with Crippen LogP contribution in [0.5, 0.6) is 0 Å². The molecule has 11 heteroatoms. The number of benzene rings is 1. The van der Waals surface area contributed by atoms with Crippen LogP contribution < -0.4 is 15.5 Å². The number of carbonyl (C=O) groups is 3. The van der Waals surface area contributed by atoms with Crippen molar-refractivity contribution < 1.29 is 23.5 Å². The molecule has 0 spiro atoms. The summed E-state index contributed by atoms with van der Waals surface area (Å²) in [6.07, 6.45) is 2.23. The third-order valence-corrected chi connectivity index (χ3v) is 7.59. The summed E-state index contributed by atoms with van der Waals surface area (Å²) in [6, 6.07) is 6.93. The van der Waals surface area contributed by atoms with Gasteiger partial charge in [0.25, 0.3) is 11.8 Å². The molecule has 1 aliphatic carbocycles. The molecule has 0 unspecified atom stereocenters. The maximum absolute atomic E-state index is 15.0. The van der Waals surface area contributed by atoms with Gasteiger partial charge in [-0.05, 0) is 54.5 Å². The first kappa shape index (κ1) is 28.5. The van der Waals surface area contributed by atoms with E-state index in [1.54, 1.807) is 18.2 Å². The van der Waals surface area contributed by atoms with Gasteiger partial charge >= 0.3 is 0 Å². The van der Waals surface area contributed by atoms with Crippen LogP contribution in [-0.2, 0) is 14.3 Å². The van der Waals surface area contributed by atoms with Crippen molar-refractivity contribution in [2.24, 2.45) is 11.3 Å². The molecule has 2 heterocycles. The van der Waals surface area contributed by atoms with Crippen LogP contribution >= 0.6 is 22.9 Å². The average Bonchev–Trinajstić information content (AvgIpc) is 3.55. The summed E-state index contributed by atoms with van der Waals surface area (Å²) in [5.41, 5.74) is 0.343. The predicted octanol–water partition coefficient (Wildman–Crippen LogP) is 4.40. The molecule has 8 nitrogen and oxygen atoms in total. The van der Waals surface area contributed by atoms with E-state index in [2.05, 4.69) is 36.3 Å². The Balaban J connectivity index is 1.52. The van der Waals surface area contributed by atoms with Gasteiger partial charge in [0.1, 0.15) is 18.5 Å². The molecule has 206 valence electrons. The number of hydrogen-bond acceptors (Lipinski definition) is 6. The van der Waals surface area contributed by atoms with E-state index in [1.807, 2.05) is 0 Å². The van der Waals surface area contributed by atoms with E-state index in [0.29, 0.717) is 28.3 Å². The Morgan fingerprint density at radius 2 is 2.03 bits per heavy atom. The minimum atomic E-state index is -0.669. The Morgan fingerprint density at radius 3 is 2.63 bits per heavy atom. The first-order chi connectivity index (χ1) is 18.0. The molecule has 0 radical (unpaired) electrons. The minimum Gasteiger partial charge on any atom is -0.370 e. The molecule has 2 aliphatic rings. The van der Waals surface area contributed by atoms with Gasteiger partial charge in [-0.3, -0.25) is 19.3 Å². The fraction of sp³-hybridized carbons (Fsp3) is 0.519. The summed E-state index contributed by atoms with van der Waals surface area (Å²) < 4.78 is 20.6. The molecule has 1 saturated carbocycles. The molecule has 1 aromatic carbocycles. The fourth-order valence-electron chi connectivity index (χ4n) is 4.45. The highest BCUT2D eigenvalue weighted by atomic mass is 35.5. The lowest BCUT2D eigenvalue weighted by Gasteiger charge is -2.36. The predicted molar refractivity (Wildman–Crippen MR) is 147 cm³/mol. The van der Waals surface area contributed by atoms with Crippen LogP contribution in [0.1, 0.15) is 43.3 Å². The zero-order valence-corrected chi connectivity index (χ0v) is 23.5. The van der Waals surface area contributed by atoms with Crippen LogP contribution in [0.4, 0.5) is 15.8 Å². The first-order valence-electron chi connectivity index (χ1n) is 12.8. The van der Waals surface area contributed by atoms with E-state index in [9.17, 15) is 14.4 Å². The van der Waals surface area contributed by atoms with Crippen LogP contribution in [0.15, 0.2) is 30.3 Å². The molecule has 38 heavy (non-hydrogen) atoms. The molecule has 0 bridgehead atoms. The molecule has 1 atom stereocenters. The summed E-state index contributed by atoms with van der Waals surface area (Å²) >= 11 is 7.16. The summed E-state index contributed by atoms with van der Waals surface area (Å²) in [5, 5.41) is 5.72. The Bertz CT molecular complexity index is 1180. The standard InChI is InChI=1S/C27H34ClFN4O4S/c1-27(2,3)16-32(14-17-4-5-17)21(13-30-26(36)22-8-9-23(28)38-22)25(35)31-18-6-7-20(19(29)12-18)33-10-11-37-15-24(33)34/h6-9,12,17,21H,4-5,10-11,13-16H2,1-3H3,(H,30,36)(H,31,35)/t21-/m0/s1. The SMILES string of the molecule is CC(C)(C)CN(CC1CC1)[C@@H](CNC(=O)c1ccc(Cl)s1)C(=O)Nc1ccc(N2CCOCC2=O)c(F)c1. The van der Waals surface area contributed by atoms with Crippen molar-refractivity contribution in [2.45, 2.75) is 39.7 Å². The van der Waals surface area contributed by atoms with Crippen LogP contribution in [0, 0.1) is 17.2 Å². The van der Waals surface area contributed by atoms with E-state index in [4.69, 9.17) is 16.3 Å². The summed E-state index contributed by atoms with van der Waals surface area (Å²) in [7, 11) is 0. The van der Waals surface area contributed by atoms with E-state index in [-0.39, 0.29) is 54.2 Å². The molecule has 2 aromatic rings. The number of carbonyl (C=O) groups excluding carboxylic acids is 3. The van der Waals surface area contributed by atoms with E-state index in [1.165, 1.54) is 28.4 Å². The summed E-state index contributed by atoms with van der Waals surface area (Å²) in [5.74, 6) is -1.04. The number of rotatable bonds is 10. The molecule has 2 N–H and O–H groups in total. The van der Waals surface area contributed by atoms with Crippen LogP contribution in [-0.4, -0.2) is 68.1 Å². The highest BCUT2D eigenvalue weighted by Crippen LogP contribution is 2.32. The second-order valence-corrected chi connectivity index (χ2v) is 12.7. The molecule has 4 rings (SSSR count). The second kappa shape index (κ2) is 12.1. The molecule has 1 saturated heterocycles. The van der Waals surface area contributed by atoms with Crippen LogP contribution in [0.25, 0.3) is 0 Å². The number of nitrogens with zero attached hydrogens (tertiary/aromatic N) is 2. The Labute approximate surface area is 231 Å². The van der Waals surface area contributed by atoms with E-state index in [0.717, 1.165) is 19.4 Å². The third-order valence-electron chi connectivity index (χ3n) is 6.36. The van der Waals surface area contributed by atoms with Gasteiger partial charge in [-0.2, -0.15) is 0 Å². The smallest absolute Gasteiger partial charge is 0.261 e. The van der Waals surface area contributed by atoms with Gasteiger partial charge in [0.15, 0.2) is 0 Å². The number of ether oxygens (including phenoxy) is 1. The van der Waals surface area contributed by atoms with Gasteiger partial charge in [0, 0.05) is 31.9 Å². The third kappa shape index (κ3) is 7.75. The topological polar surface area (TPSA) is 91.0 Å². The molecule has 2 fully saturated rings. The minimum absolute atomic E-state index is 0.0862. The number of thiophene rings is 1. The quantitative estimate of drug-likeness (QED) is 0.446. The van der Waals surface area contributed by atoms with Crippen molar-refractivity contribution in [3.63, 3.8) is 0 Å². The van der Waals surface area contributed by atoms with Crippen molar-refractivity contribution in [3.05, 3.63) is 45.4 Å². The molecule has 1 aromatic heterocycles. The number of halogens is 2. The number of nitrogens with one attached hydrogen (secondary N) is 2. The van der Waals surface area contributed by atoms with Crippen molar-refractivity contribution >= 4 is 52.0 Å². The van der Waals surface area contributed by atoms with Gasteiger partial charge in [-0.1, -0.05) is 32.4 Å². The average molecular weight is 565 g/mol. The summed E-state index contributed by atoms with van der Waals surface area (Å²) in [6.45, 7) is 8.30. The highest BCUT2D eigenvalue weighted by molar-refractivity contribution is 7.18. The molecule has 3 amide bonds. The van der Waals surface area contributed by atoms with Crippen molar-refractivity contribution in [3.8, 4) is 0 Å². The maximum Gasteiger partial charge on any atom is 0.261 e. The van der Waals surface area contributed by atoms with Crippen LogP contribution in [0.3, 0.4) is 0 Å². The van der Waals surface area contributed by atoms with E-state index < -0.39 is 11.9 Å². The van der Waals surface area contributed by atoms with Gasteiger partial charge in [-0.25, -0.2) is 4.39 Å². The lowest BCUT2D eigenvalue weighted by molar-refractivity contribution is -0.125.